The molecule has 0 aromatic carbocycles. The van der Waals surface area contributed by atoms with Crippen LogP contribution in [-0.2, 0) is 0 Å². The highest BCUT2D eigenvalue weighted by atomic mass is 19.1. The fourth-order valence-corrected chi connectivity index (χ4v) is 1.88. The summed E-state index contributed by atoms with van der Waals surface area (Å²) >= 11 is 0. The van der Waals surface area contributed by atoms with E-state index < -0.39 is 0 Å². The lowest BCUT2D eigenvalue weighted by molar-refractivity contribution is -0.0412. The lowest BCUT2D eigenvalue weighted by Crippen LogP contribution is -2.71. The topological polar surface area (TPSA) is 15.3 Å². The van der Waals surface area contributed by atoms with Crippen LogP contribution in [0, 0.1) is 5.41 Å². The van der Waals surface area contributed by atoms with Gasteiger partial charge < -0.3 is 5.32 Å². The van der Waals surface area contributed by atoms with Gasteiger partial charge in [-0.2, -0.15) is 0 Å². The predicted molar refractivity (Wildman–Crippen MR) is 49.1 cm³/mol. The molecule has 0 aromatic rings. The molecule has 0 amide bonds. The van der Waals surface area contributed by atoms with E-state index >= 15 is 0 Å². The molecule has 12 heavy (non-hydrogen) atoms. The predicted octanol–water partition coefficient (Wildman–Crippen LogP) is 0.887. The average molecular weight is 174 g/mol. The zero-order chi connectivity index (χ0) is 9.03. The molecule has 2 aliphatic heterocycles. The Morgan fingerprint density at radius 2 is 1.92 bits per heavy atom. The first-order valence-corrected chi connectivity index (χ1v) is 4.84. The summed E-state index contributed by atoms with van der Waals surface area (Å²) < 4.78 is 11.8. The summed E-state index contributed by atoms with van der Waals surface area (Å²) in [6.45, 7) is 8.98. The van der Waals surface area contributed by atoms with Crippen molar-refractivity contribution in [2.45, 2.75) is 13.8 Å². The summed E-state index contributed by atoms with van der Waals surface area (Å²) in [6, 6.07) is 0. The molecular formula is C9H19FN2. The second-order valence-electron chi connectivity index (χ2n) is 3.50. The van der Waals surface area contributed by atoms with Gasteiger partial charge in [0.05, 0.1) is 0 Å². The van der Waals surface area contributed by atoms with Crippen LogP contribution in [-0.4, -0.2) is 44.3 Å². The van der Waals surface area contributed by atoms with Gasteiger partial charge >= 0.3 is 0 Å². The number of nitrogens with one attached hydrogen (secondary N) is 1. The van der Waals surface area contributed by atoms with Crippen molar-refractivity contribution in [3.05, 3.63) is 0 Å². The maximum absolute atomic E-state index is 11.8. The van der Waals surface area contributed by atoms with Crippen molar-refractivity contribution in [2.75, 3.05) is 39.4 Å². The third kappa shape index (κ3) is 1.77. The number of rotatable bonds is 2. The summed E-state index contributed by atoms with van der Waals surface area (Å²) in [5, 5.41) is 3.25. The van der Waals surface area contributed by atoms with Gasteiger partial charge in [0, 0.05) is 38.1 Å². The van der Waals surface area contributed by atoms with E-state index in [4.69, 9.17) is 0 Å². The molecule has 3 heteroatoms. The zero-order valence-electron chi connectivity index (χ0n) is 8.07. The maximum Gasteiger partial charge on any atom is 0.102 e. The van der Waals surface area contributed by atoms with Crippen molar-refractivity contribution < 1.29 is 4.39 Å². The SMILES string of the molecule is CC.FCCN1CC2(CNC2)C1. The molecule has 2 heterocycles. The van der Waals surface area contributed by atoms with Gasteiger partial charge in [-0.15, -0.1) is 0 Å². The minimum Gasteiger partial charge on any atom is -0.315 e. The normalized spacial score (nSPS) is 25.2. The number of hydrogen-bond acceptors (Lipinski definition) is 2. The van der Waals surface area contributed by atoms with E-state index in [-0.39, 0.29) is 6.67 Å². The van der Waals surface area contributed by atoms with Crippen molar-refractivity contribution in [2.24, 2.45) is 5.41 Å². The summed E-state index contributed by atoms with van der Waals surface area (Å²) in [6.07, 6.45) is 0. The molecular weight excluding hydrogens is 155 g/mol. The van der Waals surface area contributed by atoms with E-state index in [1.54, 1.807) is 0 Å². The largest absolute Gasteiger partial charge is 0.315 e. The quantitative estimate of drug-likeness (QED) is 0.669. The first kappa shape index (κ1) is 9.93. The number of nitrogens with zero attached hydrogens (tertiary/aromatic N) is 1. The first-order chi connectivity index (χ1) is 5.85. The van der Waals surface area contributed by atoms with Crippen LogP contribution in [0.5, 0.6) is 0 Å². The monoisotopic (exact) mass is 174 g/mol. The van der Waals surface area contributed by atoms with Crippen molar-refractivity contribution in [3.8, 4) is 0 Å². The van der Waals surface area contributed by atoms with Crippen LogP contribution in [0.25, 0.3) is 0 Å². The lowest BCUT2D eigenvalue weighted by Gasteiger charge is -2.56. The Morgan fingerprint density at radius 1 is 1.33 bits per heavy atom. The second-order valence-corrected chi connectivity index (χ2v) is 3.50. The standard InChI is InChI=1S/C7H13FN2.C2H6/c8-1-2-10-5-7(6-10)3-9-4-7;1-2/h9H,1-6H2;1-2H3. The van der Waals surface area contributed by atoms with E-state index in [2.05, 4.69) is 10.2 Å². The van der Waals surface area contributed by atoms with Crippen LogP contribution >= 0.6 is 0 Å². The summed E-state index contributed by atoms with van der Waals surface area (Å²) in [5.74, 6) is 0. The van der Waals surface area contributed by atoms with Gasteiger partial charge in [-0.3, -0.25) is 4.90 Å². The third-order valence-corrected chi connectivity index (χ3v) is 2.52. The number of hydrogen-bond donors (Lipinski definition) is 1. The Hall–Kier alpha value is -0.150. The zero-order valence-corrected chi connectivity index (χ0v) is 8.07. The van der Waals surface area contributed by atoms with E-state index in [0.717, 1.165) is 26.2 Å². The smallest absolute Gasteiger partial charge is 0.102 e. The molecule has 0 unspecified atom stereocenters. The molecule has 2 nitrogen and oxygen atoms in total. The lowest BCUT2D eigenvalue weighted by atomic mass is 9.74. The average Bonchev–Trinajstić information content (AvgIpc) is 1.96. The van der Waals surface area contributed by atoms with E-state index in [1.807, 2.05) is 13.8 Å². The van der Waals surface area contributed by atoms with Gasteiger partial charge in [0.25, 0.3) is 0 Å². The van der Waals surface area contributed by atoms with Crippen molar-refractivity contribution in [3.63, 3.8) is 0 Å². The van der Waals surface area contributed by atoms with Crippen LogP contribution < -0.4 is 5.32 Å². The molecule has 1 spiro atoms. The number of likely N-dealkylation sites (tertiary alicyclic amines) is 1. The van der Waals surface area contributed by atoms with Crippen LogP contribution in [0.2, 0.25) is 0 Å². The molecule has 0 atom stereocenters. The van der Waals surface area contributed by atoms with E-state index in [0.29, 0.717) is 12.0 Å². The van der Waals surface area contributed by atoms with Gasteiger partial charge in [-0.1, -0.05) is 13.8 Å². The van der Waals surface area contributed by atoms with Crippen LogP contribution in [0.1, 0.15) is 13.8 Å². The molecule has 0 aromatic heterocycles. The molecule has 1 N–H and O–H groups in total. The second kappa shape index (κ2) is 4.19. The Labute approximate surface area is 74.1 Å². The van der Waals surface area contributed by atoms with Crippen molar-refractivity contribution >= 4 is 0 Å². The molecule has 0 radical (unpaired) electrons. The summed E-state index contributed by atoms with van der Waals surface area (Å²) in [4.78, 5) is 2.18. The summed E-state index contributed by atoms with van der Waals surface area (Å²) in [5.41, 5.74) is 0.565. The maximum atomic E-state index is 11.8. The minimum absolute atomic E-state index is 0.191. The van der Waals surface area contributed by atoms with E-state index in [9.17, 15) is 4.39 Å². The Kier molecular flexibility index (Phi) is 3.47. The van der Waals surface area contributed by atoms with Crippen LogP contribution in [0.15, 0.2) is 0 Å². The Balaban J connectivity index is 0.000000336. The number of alkyl halides is 1. The van der Waals surface area contributed by atoms with Gasteiger partial charge in [0.1, 0.15) is 6.67 Å². The Bertz CT molecular complexity index is 126. The highest BCUT2D eigenvalue weighted by molar-refractivity contribution is 5.03. The van der Waals surface area contributed by atoms with Crippen LogP contribution in [0.4, 0.5) is 4.39 Å². The van der Waals surface area contributed by atoms with Gasteiger partial charge in [-0.25, -0.2) is 4.39 Å². The molecule has 0 bridgehead atoms. The number of halogens is 1. The first-order valence-electron chi connectivity index (χ1n) is 4.84. The van der Waals surface area contributed by atoms with Crippen LogP contribution in [0.3, 0.4) is 0 Å². The summed E-state index contributed by atoms with van der Waals surface area (Å²) in [7, 11) is 0. The van der Waals surface area contributed by atoms with Gasteiger partial charge in [0.2, 0.25) is 0 Å². The molecule has 2 aliphatic rings. The molecule has 2 rings (SSSR count). The molecule has 2 fully saturated rings. The van der Waals surface area contributed by atoms with E-state index in [1.165, 1.54) is 0 Å². The molecule has 0 saturated carbocycles. The van der Waals surface area contributed by atoms with Crippen molar-refractivity contribution in [1.82, 2.24) is 10.2 Å². The Morgan fingerprint density at radius 3 is 2.25 bits per heavy atom. The molecule has 0 aliphatic carbocycles. The van der Waals surface area contributed by atoms with Gasteiger partial charge in [-0.05, 0) is 0 Å². The fourth-order valence-electron chi connectivity index (χ4n) is 1.88. The third-order valence-electron chi connectivity index (χ3n) is 2.52. The highest BCUT2D eigenvalue weighted by Gasteiger charge is 2.46. The van der Waals surface area contributed by atoms with Crippen molar-refractivity contribution in [1.29, 1.82) is 0 Å². The highest BCUT2D eigenvalue weighted by Crippen LogP contribution is 2.33. The van der Waals surface area contributed by atoms with Gasteiger partial charge in [0.15, 0.2) is 0 Å². The molecule has 72 valence electrons. The molecule has 2 saturated heterocycles. The fraction of sp³-hybridized carbons (Fsp3) is 1.00. The minimum atomic E-state index is -0.191.